The minimum atomic E-state index is -0.735. The zero-order valence-corrected chi connectivity index (χ0v) is 20.1. The van der Waals surface area contributed by atoms with Crippen LogP contribution in [0.2, 0.25) is 0 Å². The molecule has 4 heterocycles. The van der Waals surface area contributed by atoms with Gasteiger partial charge in [0.2, 0.25) is 17.7 Å². The second-order valence-electron chi connectivity index (χ2n) is 9.48. The zero-order valence-electron chi connectivity index (χ0n) is 19.3. The van der Waals surface area contributed by atoms with Crippen LogP contribution in [0, 0.1) is 11.8 Å². The molecule has 6 atom stereocenters. The fourth-order valence-corrected chi connectivity index (χ4v) is 7.89. The van der Waals surface area contributed by atoms with Crippen LogP contribution in [0.25, 0.3) is 0 Å². The molecule has 3 amide bonds. The number of fused-ring (bicyclic) bond motifs is 2. The second-order valence-corrected chi connectivity index (χ2v) is 11.0. The Hall–Kier alpha value is -1.80. The van der Waals surface area contributed by atoms with Crippen molar-refractivity contribution >= 4 is 29.5 Å². The Labute approximate surface area is 194 Å². The van der Waals surface area contributed by atoms with E-state index in [0.29, 0.717) is 32.5 Å². The van der Waals surface area contributed by atoms with Gasteiger partial charge in [-0.15, -0.1) is 11.8 Å². The first kappa shape index (κ1) is 23.4. The van der Waals surface area contributed by atoms with E-state index in [4.69, 9.17) is 0 Å². The molecule has 2 saturated heterocycles. The van der Waals surface area contributed by atoms with Crippen LogP contribution in [0.5, 0.6) is 0 Å². The number of aliphatic hydroxyl groups excluding tert-OH is 1. The highest BCUT2D eigenvalue weighted by molar-refractivity contribution is 8.02. The number of likely N-dealkylation sites (N-methyl/N-ethyl adjacent to an activating group) is 1. The van der Waals surface area contributed by atoms with Gasteiger partial charge < -0.3 is 19.8 Å². The van der Waals surface area contributed by atoms with E-state index < -0.39 is 22.6 Å². The molecule has 1 N–H and O–H groups in total. The third-order valence-corrected chi connectivity index (χ3v) is 9.18. The molecule has 1 spiro atoms. The number of hydrogen-bond acceptors (Lipinski definition) is 5. The van der Waals surface area contributed by atoms with Crippen molar-refractivity contribution in [2.75, 3.05) is 33.3 Å². The van der Waals surface area contributed by atoms with Crippen molar-refractivity contribution < 1.29 is 19.5 Å². The summed E-state index contributed by atoms with van der Waals surface area (Å²) in [6.07, 6.45) is 11.3. The maximum Gasteiger partial charge on any atom is 0.247 e. The van der Waals surface area contributed by atoms with Crippen molar-refractivity contribution in [3.8, 4) is 0 Å². The Kier molecular flexibility index (Phi) is 6.73. The number of likely N-dealkylation sites (tertiary alicyclic amines) is 1. The first-order valence-corrected chi connectivity index (χ1v) is 12.7. The van der Waals surface area contributed by atoms with Crippen molar-refractivity contribution in [1.82, 2.24) is 14.7 Å². The predicted octanol–water partition coefficient (Wildman–Crippen LogP) is 1.67. The highest BCUT2D eigenvalue weighted by Crippen LogP contribution is 2.61. The summed E-state index contributed by atoms with van der Waals surface area (Å²) < 4.78 is -0.735. The fraction of sp³-hybridized carbons (Fsp3) is 0.708. The standard InChI is InChI=1S/C24H35N3O4S/c1-4-9-16(2)26-14-8-11-24-19(18-17(32-24)10-7-12-25(3)21(18)29)22(30)27(13-5-6-15-28)20(24)23(26)31/h7-8,10-11,16-20,28H,4-6,9,12-15H2,1-3H3/t16?,17-,18+,19-,20?,24-/m0/s1. The molecule has 7 nitrogen and oxygen atoms in total. The molecule has 4 rings (SSSR count). The van der Waals surface area contributed by atoms with E-state index in [-0.39, 0.29) is 35.6 Å². The van der Waals surface area contributed by atoms with Crippen LogP contribution in [0.3, 0.4) is 0 Å². The minimum Gasteiger partial charge on any atom is -0.396 e. The average molecular weight is 462 g/mol. The third-order valence-electron chi connectivity index (χ3n) is 7.44. The summed E-state index contributed by atoms with van der Waals surface area (Å²) in [5, 5.41) is 9.16. The van der Waals surface area contributed by atoms with E-state index in [1.54, 1.807) is 28.6 Å². The molecule has 2 fully saturated rings. The van der Waals surface area contributed by atoms with Gasteiger partial charge in [0.1, 0.15) is 6.04 Å². The molecular formula is C24H35N3O4S. The number of carbonyl (C=O) groups excluding carboxylic acids is 3. The second kappa shape index (κ2) is 9.21. The summed E-state index contributed by atoms with van der Waals surface area (Å²) in [4.78, 5) is 46.5. The van der Waals surface area contributed by atoms with Crippen molar-refractivity contribution in [3.05, 3.63) is 24.3 Å². The lowest BCUT2D eigenvalue weighted by atomic mass is 9.78. The number of carbonyl (C=O) groups is 3. The van der Waals surface area contributed by atoms with Gasteiger partial charge >= 0.3 is 0 Å². The number of rotatable bonds is 7. The summed E-state index contributed by atoms with van der Waals surface area (Å²) in [6.45, 7) is 5.74. The van der Waals surface area contributed by atoms with Gasteiger partial charge in [0, 0.05) is 44.6 Å². The molecule has 8 heteroatoms. The van der Waals surface area contributed by atoms with E-state index >= 15 is 0 Å². The Morgan fingerprint density at radius 3 is 2.66 bits per heavy atom. The lowest BCUT2D eigenvalue weighted by Crippen LogP contribution is -2.55. The Bertz CT molecular complexity index is 830. The quantitative estimate of drug-likeness (QED) is 0.461. The normalized spacial score (nSPS) is 35.0. The van der Waals surface area contributed by atoms with Crippen molar-refractivity contribution in [1.29, 1.82) is 0 Å². The number of hydrogen-bond donors (Lipinski definition) is 1. The molecule has 4 aliphatic heterocycles. The molecule has 0 aromatic rings. The molecule has 0 aromatic heterocycles. The number of aliphatic hydroxyl groups is 1. The minimum absolute atomic E-state index is 0.00968. The first-order chi connectivity index (χ1) is 15.4. The lowest BCUT2D eigenvalue weighted by Gasteiger charge is -2.37. The highest BCUT2D eigenvalue weighted by atomic mass is 32.2. The monoisotopic (exact) mass is 461 g/mol. The van der Waals surface area contributed by atoms with Crippen LogP contribution in [-0.4, -0.2) is 92.9 Å². The first-order valence-electron chi connectivity index (χ1n) is 11.9. The summed E-state index contributed by atoms with van der Waals surface area (Å²) >= 11 is 1.63. The molecule has 32 heavy (non-hydrogen) atoms. The van der Waals surface area contributed by atoms with Gasteiger partial charge in [0.15, 0.2) is 0 Å². The Balaban J connectivity index is 1.77. The van der Waals surface area contributed by atoms with Gasteiger partial charge in [0.25, 0.3) is 0 Å². The topological polar surface area (TPSA) is 81.2 Å². The molecule has 0 aromatic carbocycles. The largest absolute Gasteiger partial charge is 0.396 e. The van der Waals surface area contributed by atoms with Crippen molar-refractivity contribution in [3.63, 3.8) is 0 Å². The lowest BCUT2D eigenvalue weighted by molar-refractivity contribution is -0.144. The van der Waals surface area contributed by atoms with Gasteiger partial charge in [-0.05, 0) is 26.2 Å². The van der Waals surface area contributed by atoms with Crippen molar-refractivity contribution in [2.24, 2.45) is 11.8 Å². The van der Waals surface area contributed by atoms with E-state index in [0.717, 1.165) is 12.8 Å². The molecule has 176 valence electrons. The Morgan fingerprint density at radius 2 is 1.94 bits per heavy atom. The van der Waals surface area contributed by atoms with Gasteiger partial charge in [0.05, 0.1) is 16.6 Å². The molecule has 0 bridgehead atoms. The zero-order chi connectivity index (χ0) is 23.0. The average Bonchev–Trinajstić information content (AvgIpc) is 3.08. The number of nitrogens with zero attached hydrogens (tertiary/aromatic N) is 3. The summed E-state index contributed by atoms with van der Waals surface area (Å²) in [5.74, 6) is -1.12. The maximum absolute atomic E-state index is 14.0. The number of amides is 3. The molecule has 0 radical (unpaired) electrons. The molecule has 2 unspecified atom stereocenters. The van der Waals surface area contributed by atoms with E-state index in [1.165, 1.54) is 0 Å². The molecular weight excluding hydrogens is 426 g/mol. The van der Waals surface area contributed by atoms with E-state index in [1.807, 2.05) is 17.1 Å². The van der Waals surface area contributed by atoms with Crippen LogP contribution in [0.15, 0.2) is 24.3 Å². The van der Waals surface area contributed by atoms with Gasteiger partial charge in [-0.1, -0.05) is 37.6 Å². The fourth-order valence-electron chi connectivity index (χ4n) is 5.88. The maximum atomic E-state index is 14.0. The van der Waals surface area contributed by atoms with Gasteiger partial charge in [-0.2, -0.15) is 0 Å². The van der Waals surface area contributed by atoms with Gasteiger partial charge in [-0.25, -0.2) is 0 Å². The van der Waals surface area contributed by atoms with E-state index in [9.17, 15) is 19.5 Å². The number of thioether (sulfide) groups is 1. The summed E-state index contributed by atoms with van der Waals surface area (Å²) in [6, 6.07) is -0.523. The van der Waals surface area contributed by atoms with Gasteiger partial charge in [-0.3, -0.25) is 14.4 Å². The SMILES string of the molecule is CCCC(C)N1CC=C[C@]23S[C@H]4C=CCN(C)C(=O)[C@H]4[C@H]2C(=O)N(CCCCO)C3C1=O. The molecule has 0 saturated carbocycles. The molecule has 4 aliphatic rings. The van der Waals surface area contributed by atoms with Crippen molar-refractivity contribution in [2.45, 2.75) is 61.6 Å². The smallest absolute Gasteiger partial charge is 0.247 e. The van der Waals surface area contributed by atoms with Crippen LogP contribution in [0.4, 0.5) is 0 Å². The number of unbranched alkanes of at least 4 members (excludes halogenated alkanes) is 1. The summed E-state index contributed by atoms with van der Waals surface area (Å²) in [7, 11) is 1.78. The van der Waals surface area contributed by atoms with Crippen LogP contribution in [0.1, 0.15) is 39.5 Å². The van der Waals surface area contributed by atoms with Crippen LogP contribution in [-0.2, 0) is 14.4 Å². The summed E-state index contributed by atoms with van der Waals surface area (Å²) in [5.41, 5.74) is 0. The molecule has 0 aliphatic carbocycles. The highest BCUT2D eigenvalue weighted by Gasteiger charge is 2.70. The third kappa shape index (κ3) is 3.59. The van der Waals surface area contributed by atoms with Crippen LogP contribution < -0.4 is 0 Å². The van der Waals surface area contributed by atoms with Crippen LogP contribution >= 0.6 is 11.8 Å². The van der Waals surface area contributed by atoms with E-state index in [2.05, 4.69) is 26.0 Å². The predicted molar refractivity (Wildman–Crippen MR) is 125 cm³/mol. The Morgan fingerprint density at radius 1 is 1.16 bits per heavy atom.